The second kappa shape index (κ2) is 6.76. The first-order valence-corrected chi connectivity index (χ1v) is 8.51. The first-order valence-electron chi connectivity index (χ1n) is 8.51. The molecular formula is C23H27NO. The highest BCUT2D eigenvalue weighted by atomic mass is 16.3. The molecule has 2 rings (SSSR count). The maximum Gasteiger partial charge on any atom is 0.128 e. The average molecular weight is 333 g/mol. The zero-order valence-electron chi connectivity index (χ0n) is 16.0. The molecule has 0 saturated carbocycles. The Morgan fingerprint density at radius 3 is 2.04 bits per heavy atom. The van der Waals surface area contributed by atoms with Gasteiger partial charge < -0.3 is 5.11 Å². The predicted octanol–water partition coefficient (Wildman–Crippen LogP) is 5.72. The van der Waals surface area contributed by atoms with E-state index in [-0.39, 0.29) is 10.8 Å². The Balaban J connectivity index is 2.52. The van der Waals surface area contributed by atoms with Crippen molar-refractivity contribution in [2.75, 3.05) is 0 Å². The number of phenols is 1. The van der Waals surface area contributed by atoms with Crippen LogP contribution in [0.3, 0.4) is 0 Å². The number of hydrogen-bond acceptors (Lipinski definition) is 2. The van der Waals surface area contributed by atoms with Crippen LogP contribution in [0.25, 0.3) is 0 Å². The minimum atomic E-state index is -0.150. The number of nitrogens with zero attached hydrogens (tertiary/aromatic N) is 1. The summed E-state index contributed by atoms with van der Waals surface area (Å²) in [6.45, 7) is 12.8. The highest BCUT2D eigenvalue weighted by Crippen LogP contribution is 2.37. The Morgan fingerprint density at radius 2 is 1.56 bits per heavy atom. The monoisotopic (exact) mass is 333 g/mol. The van der Waals surface area contributed by atoms with Crippen molar-refractivity contribution in [3.05, 3.63) is 58.7 Å². The van der Waals surface area contributed by atoms with Crippen LogP contribution in [-0.4, -0.2) is 11.3 Å². The molecule has 0 atom stereocenters. The minimum absolute atomic E-state index is 0.00919. The van der Waals surface area contributed by atoms with Crippen molar-refractivity contribution in [1.29, 1.82) is 0 Å². The first-order chi connectivity index (χ1) is 11.5. The summed E-state index contributed by atoms with van der Waals surface area (Å²) in [7, 11) is 0. The molecule has 2 nitrogen and oxygen atoms in total. The first kappa shape index (κ1) is 18.8. The summed E-state index contributed by atoms with van der Waals surface area (Å²) in [5.74, 6) is 2.89. The van der Waals surface area contributed by atoms with Crippen molar-refractivity contribution < 1.29 is 5.11 Å². The van der Waals surface area contributed by atoms with Crippen LogP contribution in [-0.2, 0) is 10.8 Å². The van der Waals surface area contributed by atoms with Crippen LogP contribution < -0.4 is 0 Å². The summed E-state index contributed by atoms with van der Waals surface area (Å²) in [6.07, 6.45) is 7.10. The molecule has 0 radical (unpaired) electrons. The van der Waals surface area contributed by atoms with Gasteiger partial charge in [-0.2, -0.15) is 0 Å². The van der Waals surface area contributed by atoms with Gasteiger partial charge in [-0.1, -0.05) is 53.5 Å². The van der Waals surface area contributed by atoms with E-state index in [0.717, 1.165) is 22.4 Å². The molecule has 0 fully saturated rings. The summed E-state index contributed by atoms with van der Waals surface area (Å²) < 4.78 is 0. The molecule has 2 heteroatoms. The fourth-order valence-corrected chi connectivity index (χ4v) is 2.55. The average Bonchev–Trinajstić information content (AvgIpc) is 2.52. The van der Waals surface area contributed by atoms with Crippen LogP contribution in [0.4, 0.5) is 5.69 Å². The summed E-state index contributed by atoms with van der Waals surface area (Å²) >= 11 is 0. The van der Waals surface area contributed by atoms with Crippen molar-refractivity contribution in [2.24, 2.45) is 4.99 Å². The highest BCUT2D eigenvalue weighted by Gasteiger charge is 2.24. The van der Waals surface area contributed by atoms with Crippen molar-refractivity contribution in [3.8, 4) is 18.1 Å². The molecule has 0 unspecified atom stereocenters. The minimum Gasteiger partial charge on any atom is -0.507 e. The predicted molar refractivity (Wildman–Crippen MR) is 107 cm³/mol. The second-order valence-electron chi connectivity index (χ2n) is 8.41. The van der Waals surface area contributed by atoms with Crippen molar-refractivity contribution in [3.63, 3.8) is 0 Å². The second-order valence-corrected chi connectivity index (χ2v) is 8.41. The zero-order valence-corrected chi connectivity index (χ0v) is 16.0. The maximum atomic E-state index is 10.8. The molecule has 0 saturated heterocycles. The Bertz CT molecular complexity index is 823. The molecule has 0 bridgehead atoms. The van der Waals surface area contributed by atoms with Gasteiger partial charge in [0.25, 0.3) is 0 Å². The molecule has 0 aliphatic heterocycles. The van der Waals surface area contributed by atoms with E-state index in [9.17, 15) is 5.11 Å². The van der Waals surface area contributed by atoms with Gasteiger partial charge in [0.1, 0.15) is 5.75 Å². The number of aliphatic imine (C=N–C) groups is 1. The standard InChI is InChI=1S/C23H27NO/c1-8-16-9-11-19(12-10-16)24-15-17-13-18(22(2,3)4)14-20(21(17)25)23(5,6)7/h1,9-15,25H,2-7H3. The lowest BCUT2D eigenvalue weighted by atomic mass is 9.79. The summed E-state index contributed by atoms with van der Waals surface area (Å²) in [4.78, 5) is 4.51. The molecule has 2 aromatic carbocycles. The van der Waals surface area contributed by atoms with E-state index in [1.165, 1.54) is 5.56 Å². The van der Waals surface area contributed by atoms with Gasteiger partial charge in [-0.15, -0.1) is 6.42 Å². The van der Waals surface area contributed by atoms with Crippen LogP contribution in [0.5, 0.6) is 5.75 Å². The third-order valence-electron chi connectivity index (χ3n) is 4.20. The van der Waals surface area contributed by atoms with Crippen LogP contribution in [0.2, 0.25) is 0 Å². The highest BCUT2D eigenvalue weighted by molar-refractivity contribution is 5.86. The molecule has 0 aliphatic carbocycles. The lowest BCUT2D eigenvalue weighted by Crippen LogP contribution is -2.17. The zero-order chi connectivity index (χ0) is 18.8. The van der Waals surface area contributed by atoms with Crippen LogP contribution in [0.1, 0.15) is 63.8 Å². The van der Waals surface area contributed by atoms with Gasteiger partial charge in [-0.05, 0) is 46.7 Å². The quantitative estimate of drug-likeness (QED) is 0.553. The Morgan fingerprint density at radius 1 is 0.960 bits per heavy atom. The van der Waals surface area contributed by atoms with Crippen LogP contribution >= 0.6 is 0 Å². The fourth-order valence-electron chi connectivity index (χ4n) is 2.55. The van der Waals surface area contributed by atoms with Crippen molar-refractivity contribution in [1.82, 2.24) is 0 Å². The van der Waals surface area contributed by atoms with Crippen molar-refractivity contribution in [2.45, 2.75) is 52.4 Å². The normalized spacial score (nSPS) is 12.4. The van der Waals surface area contributed by atoms with E-state index in [4.69, 9.17) is 6.42 Å². The number of terminal acetylenes is 1. The van der Waals surface area contributed by atoms with Gasteiger partial charge in [-0.25, -0.2) is 0 Å². The lowest BCUT2D eigenvalue weighted by molar-refractivity contribution is 0.444. The number of benzene rings is 2. The molecule has 0 aliphatic rings. The summed E-state index contributed by atoms with van der Waals surface area (Å²) in [5.41, 5.74) is 4.32. The third-order valence-corrected chi connectivity index (χ3v) is 4.20. The fraction of sp³-hybridized carbons (Fsp3) is 0.348. The van der Waals surface area contributed by atoms with Gasteiger partial charge in [0.2, 0.25) is 0 Å². The molecule has 0 aromatic heterocycles. The summed E-state index contributed by atoms with van der Waals surface area (Å²) in [6, 6.07) is 11.6. The molecule has 25 heavy (non-hydrogen) atoms. The Hall–Kier alpha value is -2.53. The molecule has 130 valence electrons. The van der Waals surface area contributed by atoms with Crippen LogP contribution in [0, 0.1) is 12.3 Å². The number of hydrogen-bond donors (Lipinski definition) is 1. The molecular weight excluding hydrogens is 306 g/mol. The SMILES string of the molecule is C#Cc1ccc(N=Cc2cc(C(C)(C)C)cc(C(C)(C)C)c2O)cc1. The molecule has 0 amide bonds. The third kappa shape index (κ3) is 4.51. The topological polar surface area (TPSA) is 32.6 Å². The molecule has 0 spiro atoms. The Labute approximate surface area is 151 Å². The maximum absolute atomic E-state index is 10.8. The van der Waals surface area contributed by atoms with Gasteiger partial charge in [0, 0.05) is 22.9 Å². The lowest BCUT2D eigenvalue weighted by Gasteiger charge is -2.26. The molecule has 2 aromatic rings. The van der Waals surface area contributed by atoms with E-state index in [1.807, 2.05) is 30.3 Å². The smallest absolute Gasteiger partial charge is 0.128 e. The molecule has 0 heterocycles. The van der Waals surface area contributed by atoms with E-state index >= 15 is 0 Å². The van der Waals surface area contributed by atoms with Gasteiger partial charge in [0.05, 0.1) is 5.69 Å². The molecule has 1 N–H and O–H groups in total. The number of aromatic hydroxyl groups is 1. The van der Waals surface area contributed by atoms with E-state index in [0.29, 0.717) is 5.75 Å². The van der Waals surface area contributed by atoms with Gasteiger partial charge in [-0.3, -0.25) is 4.99 Å². The number of phenolic OH excluding ortho intramolecular Hbond substituents is 1. The summed E-state index contributed by atoms with van der Waals surface area (Å²) in [5, 5.41) is 10.8. The Kier molecular flexibility index (Phi) is 5.09. The van der Waals surface area contributed by atoms with Crippen LogP contribution in [0.15, 0.2) is 41.4 Å². The van der Waals surface area contributed by atoms with E-state index < -0.39 is 0 Å². The van der Waals surface area contributed by atoms with Gasteiger partial charge in [0.15, 0.2) is 0 Å². The number of rotatable bonds is 2. The van der Waals surface area contributed by atoms with E-state index in [1.54, 1.807) is 6.21 Å². The van der Waals surface area contributed by atoms with Gasteiger partial charge >= 0.3 is 0 Å². The largest absolute Gasteiger partial charge is 0.507 e. The van der Waals surface area contributed by atoms with Crippen molar-refractivity contribution >= 4 is 11.9 Å². The van der Waals surface area contributed by atoms with E-state index in [2.05, 4.69) is 58.5 Å².